The zero-order valence-corrected chi connectivity index (χ0v) is 22.0. The molecule has 31 heavy (non-hydrogen) atoms. The summed E-state index contributed by atoms with van der Waals surface area (Å²) >= 11 is 0. The number of nitrogens with one attached hydrogen (secondary N) is 2. The maximum atomic E-state index is 5.76. The first-order valence-electron chi connectivity index (χ1n) is 10.7. The standard InChI is InChI=1S/C23H37N5O2.HI/c1-7-24-23(26-17(2)15-22-18(3)27-28(5)19(22)4)25-13-8-14-30-16-20-9-11-21(29-6)12-10-20;/h9-12,17H,7-8,13-16H2,1-6H3,(H2,24,25,26);1H. The van der Waals surface area contributed by atoms with E-state index in [1.54, 1.807) is 7.11 Å². The molecule has 0 spiro atoms. The van der Waals surface area contributed by atoms with Crippen molar-refractivity contribution in [3.8, 4) is 5.75 Å². The molecule has 1 aromatic heterocycles. The molecule has 2 N–H and O–H groups in total. The summed E-state index contributed by atoms with van der Waals surface area (Å²) in [6, 6.07) is 8.21. The first-order chi connectivity index (χ1) is 14.4. The second-order valence-electron chi connectivity index (χ2n) is 7.54. The van der Waals surface area contributed by atoms with E-state index in [0.29, 0.717) is 13.2 Å². The minimum Gasteiger partial charge on any atom is -0.497 e. The lowest BCUT2D eigenvalue weighted by Gasteiger charge is -2.18. The van der Waals surface area contributed by atoms with Crippen molar-refractivity contribution in [1.29, 1.82) is 0 Å². The largest absolute Gasteiger partial charge is 0.497 e. The molecule has 1 heterocycles. The number of aromatic nitrogens is 2. The molecule has 0 bridgehead atoms. The summed E-state index contributed by atoms with van der Waals surface area (Å²) in [5.41, 5.74) is 4.76. The third-order valence-corrected chi connectivity index (χ3v) is 5.04. The molecule has 174 valence electrons. The summed E-state index contributed by atoms with van der Waals surface area (Å²) in [6.07, 6.45) is 1.79. The Balaban J connectivity index is 0.00000480. The maximum Gasteiger partial charge on any atom is 0.191 e. The van der Waals surface area contributed by atoms with Crippen LogP contribution in [0.5, 0.6) is 5.75 Å². The molecule has 0 radical (unpaired) electrons. The molecule has 0 fully saturated rings. The normalized spacial score (nSPS) is 12.3. The van der Waals surface area contributed by atoms with Crippen LogP contribution in [0.4, 0.5) is 0 Å². The first-order valence-corrected chi connectivity index (χ1v) is 10.7. The van der Waals surface area contributed by atoms with Gasteiger partial charge < -0.3 is 20.1 Å². The van der Waals surface area contributed by atoms with Gasteiger partial charge in [-0.2, -0.15) is 5.10 Å². The lowest BCUT2D eigenvalue weighted by molar-refractivity contribution is 0.120. The van der Waals surface area contributed by atoms with Crippen LogP contribution >= 0.6 is 24.0 Å². The fourth-order valence-corrected chi connectivity index (χ4v) is 3.29. The number of methoxy groups -OCH3 is 1. The van der Waals surface area contributed by atoms with E-state index < -0.39 is 0 Å². The van der Waals surface area contributed by atoms with E-state index in [-0.39, 0.29) is 30.0 Å². The molecule has 1 unspecified atom stereocenters. The molecule has 0 saturated heterocycles. The van der Waals surface area contributed by atoms with Gasteiger partial charge in [0.1, 0.15) is 5.75 Å². The van der Waals surface area contributed by atoms with Gasteiger partial charge in [0.05, 0.1) is 19.4 Å². The van der Waals surface area contributed by atoms with E-state index in [1.807, 2.05) is 36.0 Å². The van der Waals surface area contributed by atoms with Crippen LogP contribution in [-0.4, -0.2) is 48.6 Å². The molecule has 7 nitrogen and oxygen atoms in total. The quantitative estimate of drug-likeness (QED) is 0.196. The zero-order valence-electron chi connectivity index (χ0n) is 19.7. The zero-order chi connectivity index (χ0) is 21.9. The van der Waals surface area contributed by atoms with Crippen LogP contribution in [-0.2, 0) is 24.8 Å². The predicted molar refractivity (Wildman–Crippen MR) is 138 cm³/mol. The first kappa shape index (κ1) is 27.2. The third-order valence-electron chi connectivity index (χ3n) is 5.04. The number of aryl methyl sites for hydroxylation is 2. The molecule has 8 heteroatoms. The van der Waals surface area contributed by atoms with Gasteiger partial charge in [-0.15, -0.1) is 24.0 Å². The van der Waals surface area contributed by atoms with Crippen LogP contribution < -0.4 is 15.4 Å². The number of halogens is 1. The molecular formula is C23H38IN5O2. The van der Waals surface area contributed by atoms with Gasteiger partial charge in [-0.05, 0) is 63.8 Å². The van der Waals surface area contributed by atoms with Crippen molar-refractivity contribution in [3.05, 3.63) is 46.8 Å². The van der Waals surface area contributed by atoms with Crippen LogP contribution in [0.1, 0.15) is 42.8 Å². The summed E-state index contributed by atoms with van der Waals surface area (Å²) in [7, 11) is 3.66. The molecule has 0 aliphatic rings. The van der Waals surface area contributed by atoms with Gasteiger partial charge in [0.2, 0.25) is 0 Å². The van der Waals surface area contributed by atoms with E-state index in [1.165, 1.54) is 11.3 Å². The molecule has 0 amide bonds. The summed E-state index contributed by atoms with van der Waals surface area (Å²) in [4.78, 5) is 4.69. The highest BCUT2D eigenvalue weighted by Crippen LogP contribution is 2.14. The molecule has 1 aromatic carbocycles. The number of nitrogens with zero attached hydrogens (tertiary/aromatic N) is 3. The fraction of sp³-hybridized carbons (Fsp3) is 0.565. The molecule has 2 rings (SSSR count). The van der Waals surface area contributed by atoms with E-state index in [0.717, 1.165) is 48.9 Å². The van der Waals surface area contributed by atoms with E-state index in [9.17, 15) is 0 Å². The van der Waals surface area contributed by atoms with E-state index in [2.05, 4.69) is 48.4 Å². The Morgan fingerprint density at radius 2 is 1.94 bits per heavy atom. The highest BCUT2D eigenvalue weighted by Gasteiger charge is 2.13. The van der Waals surface area contributed by atoms with Crippen molar-refractivity contribution in [2.24, 2.45) is 12.0 Å². The average molecular weight is 543 g/mol. The Kier molecular flexibility index (Phi) is 12.5. The number of ether oxygens (including phenoxy) is 2. The van der Waals surface area contributed by atoms with Crippen molar-refractivity contribution in [2.75, 3.05) is 26.8 Å². The topological polar surface area (TPSA) is 72.7 Å². The fourth-order valence-electron chi connectivity index (χ4n) is 3.29. The Morgan fingerprint density at radius 1 is 1.23 bits per heavy atom. The van der Waals surface area contributed by atoms with Gasteiger partial charge in [-0.1, -0.05) is 12.1 Å². The second kappa shape index (κ2) is 14.3. The lowest BCUT2D eigenvalue weighted by Crippen LogP contribution is -2.43. The van der Waals surface area contributed by atoms with Gasteiger partial charge in [0, 0.05) is 38.5 Å². The Hall–Kier alpha value is -1.81. The number of hydrogen-bond donors (Lipinski definition) is 2. The van der Waals surface area contributed by atoms with E-state index >= 15 is 0 Å². The van der Waals surface area contributed by atoms with Crippen LogP contribution in [0.15, 0.2) is 29.3 Å². The van der Waals surface area contributed by atoms with Gasteiger partial charge >= 0.3 is 0 Å². The second-order valence-corrected chi connectivity index (χ2v) is 7.54. The highest BCUT2D eigenvalue weighted by atomic mass is 127. The number of guanidine groups is 1. The Morgan fingerprint density at radius 3 is 2.52 bits per heavy atom. The van der Waals surface area contributed by atoms with Crippen molar-refractivity contribution in [3.63, 3.8) is 0 Å². The van der Waals surface area contributed by atoms with Crippen LogP contribution in [0.3, 0.4) is 0 Å². The third kappa shape index (κ3) is 9.06. The highest BCUT2D eigenvalue weighted by molar-refractivity contribution is 14.0. The summed E-state index contributed by atoms with van der Waals surface area (Å²) < 4.78 is 12.9. The van der Waals surface area contributed by atoms with Crippen LogP contribution in [0, 0.1) is 13.8 Å². The van der Waals surface area contributed by atoms with Gasteiger partial charge in [-0.25, -0.2) is 0 Å². The molecule has 0 aliphatic heterocycles. The van der Waals surface area contributed by atoms with Crippen LogP contribution in [0.2, 0.25) is 0 Å². The van der Waals surface area contributed by atoms with Crippen molar-refractivity contribution in [1.82, 2.24) is 20.4 Å². The SMILES string of the molecule is CCNC(=NCCCOCc1ccc(OC)cc1)NC(C)Cc1c(C)nn(C)c1C.I. The summed E-state index contributed by atoms with van der Waals surface area (Å²) in [5.74, 6) is 1.71. The molecular weight excluding hydrogens is 505 g/mol. The predicted octanol–water partition coefficient (Wildman–Crippen LogP) is 3.76. The Labute approximate surface area is 204 Å². The molecule has 2 aromatic rings. The Bertz CT molecular complexity index is 805. The number of aliphatic imine (C=N–C) groups is 1. The van der Waals surface area contributed by atoms with Crippen molar-refractivity contribution in [2.45, 2.75) is 53.2 Å². The molecule has 0 saturated carbocycles. The minimum atomic E-state index is 0. The molecule has 0 aliphatic carbocycles. The van der Waals surface area contributed by atoms with E-state index in [4.69, 9.17) is 9.47 Å². The smallest absolute Gasteiger partial charge is 0.191 e. The van der Waals surface area contributed by atoms with Gasteiger partial charge in [0.15, 0.2) is 5.96 Å². The summed E-state index contributed by atoms with van der Waals surface area (Å²) in [6.45, 7) is 11.3. The van der Waals surface area contributed by atoms with Gasteiger partial charge in [0.25, 0.3) is 0 Å². The maximum absolute atomic E-state index is 5.76. The summed E-state index contributed by atoms with van der Waals surface area (Å²) in [5, 5.41) is 11.3. The van der Waals surface area contributed by atoms with Gasteiger partial charge in [-0.3, -0.25) is 9.67 Å². The van der Waals surface area contributed by atoms with Crippen molar-refractivity contribution >= 4 is 29.9 Å². The molecule has 1 atom stereocenters. The average Bonchev–Trinajstić information content (AvgIpc) is 2.97. The minimum absolute atomic E-state index is 0. The lowest BCUT2D eigenvalue weighted by atomic mass is 10.1. The van der Waals surface area contributed by atoms with Crippen molar-refractivity contribution < 1.29 is 9.47 Å². The number of hydrogen-bond acceptors (Lipinski definition) is 4. The van der Waals surface area contributed by atoms with Crippen LogP contribution in [0.25, 0.3) is 0 Å². The monoisotopic (exact) mass is 543 g/mol. The number of benzene rings is 1. The number of rotatable bonds is 11.